The third kappa shape index (κ3) is 4.53. The Morgan fingerprint density at radius 2 is 1.60 bits per heavy atom. The molecule has 3 nitrogen and oxygen atoms in total. The minimum Gasteiger partial charge on any atom is -0.449 e. The quantitative estimate of drug-likeness (QED) is 0.332. The highest BCUT2D eigenvalue weighted by Crippen LogP contribution is 2.44. The third-order valence-electron chi connectivity index (χ3n) is 5.19. The van der Waals surface area contributed by atoms with Crippen molar-refractivity contribution in [2.24, 2.45) is 0 Å². The van der Waals surface area contributed by atoms with Gasteiger partial charge in [0, 0.05) is 29.3 Å². The van der Waals surface area contributed by atoms with Gasteiger partial charge >= 0.3 is 6.09 Å². The van der Waals surface area contributed by atoms with E-state index < -0.39 is 6.09 Å². The highest BCUT2D eigenvalue weighted by atomic mass is 32.2. The molecule has 0 bridgehead atoms. The number of hydrogen-bond acceptors (Lipinski definition) is 3. The Hall–Kier alpha value is -3.16. The molecule has 30 heavy (non-hydrogen) atoms. The van der Waals surface area contributed by atoms with E-state index in [2.05, 4.69) is 59.8 Å². The zero-order valence-electron chi connectivity index (χ0n) is 16.9. The van der Waals surface area contributed by atoms with Gasteiger partial charge in [-0.05, 0) is 52.8 Å². The largest absolute Gasteiger partial charge is 0.449 e. The minimum absolute atomic E-state index is 0.0761. The fourth-order valence-electron chi connectivity index (χ4n) is 3.72. The van der Waals surface area contributed by atoms with Gasteiger partial charge in [0.25, 0.3) is 0 Å². The predicted molar refractivity (Wildman–Crippen MR) is 123 cm³/mol. The molecule has 4 heteroatoms. The first kappa shape index (κ1) is 20.1. The van der Waals surface area contributed by atoms with Crippen molar-refractivity contribution in [1.82, 2.24) is 5.32 Å². The molecule has 150 valence electrons. The first-order valence-electron chi connectivity index (χ1n) is 9.98. The molecular weight excluding hydrogens is 390 g/mol. The number of thioether (sulfide) groups is 1. The lowest BCUT2D eigenvalue weighted by Gasteiger charge is -2.14. The summed E-state index contributed by atoms with van der Waals surface area (Å²) in [6.45, 7) is 0.792. The van der Waals surface area contributed by atoms with Crippen LogP contribution in [-0.4, -0.2) is 25.5 Å². The topological polar surface area (TPSA) is 38.3 Å². The van der Waals surface area contributed by atoms with Gasteiger partial charge in [-0.25, -0.2) is 4.79 Å². The van der Waals surface area contributed by atoms with Gasteiger partial charge in [-0.2, -0.15) is 0 Å². The summed E-state index contributed by atoms with van der Waals surface area (Å²) in [6, 6.07) is 24.8. The first-order valence-corrected chi connectivity index (χ1v) is 11.2. The number of rotatable bonds is 5. The Bertz CT molecular complexity index is 1050. The molecule has 0 atom stereocenters. The highest BCUT2D eigenvalue weighted by molar-refractivity contribution is 7.98. The van der Waals surface area contributed by atoms with Crippen LogP contribution in [0.4, 0.5) is 4.79 Å². The van der Waals surface area contributed by atoms with Crippen LogP contribution >= 0.6 is 11.8 Å². The monoisotopic (exact) mass is 413 g/mol. The van der Waals surface area contributed by atoms with E-state index in [1.807, 2.05) is 36.4 Å². The molecule has 0 unspecified atom stereocenters. The Labute approximate surface area is 181 Å². The lowest BCUT2D eigenvalue weighted by Crippen LogP contribution is -2.26. The van der Waals surface area contributed by atoms with Crippen molar-refractivity contribution in [2.45, 2.75) is 17.2 Å². The molecular formula is C26H23NO2S. The Morgan fingerprint density at radius 1 is 0.967 bits per heavy atom. The molecule has 0 heterocycles. The number of benzene rings is 3. The van der Waals surface area contributed by atoms with E-state index in [4.69, 9.17) is 4.74 Å². The summed E-state index contributed by atoms with van der Waals surface area (Å²) >= 11 is 1.71. The van der Waals surface area contributed by atoms with Crippen molar-refractivity contribution < 1.29 is 9.53 Å². The van der Waals surface area contributed by atoms with Gasteiger partial charge in [-0.15, -0.1) is 11.8 Å². The van der Waals surface area contributed by atoms with Gasteiger partial charge < -0.3 is 10.1 Å². The van der Waals surface area contributed by atoms with Gasteiger partial charge in [-0.3, -0.25) is 0 Å². The molecule has 0 fully saturated rings. The SMILES string of the molecule is CSc1ccc(C#CCCNC(=O)OCC2c3ccccc3-c3ccccc32)cc1. The Kier molecular flexibility index (Phi) is 6.41. The van der Waals surface area contributed by atoms with Gasteiger partial charge in [0.05, 0.1) is 0 Å². The normalized spacial score (nSPS) is 11.8. The van der Waals surface area contributed by atoms with Crippen LogP contribution < -0.4 is 5.32 Å². The smallest absolute Gasteiger partial charge is 0.407 e. The zero-order chi connectivity index (χ0) is 20.8. The maximum atomic E-state index is 12.1. The molecule has 0 aromatic heterocycles. The summed E-state index contributed by atoms with van der Waals surface area (Å²) in [7, 11) is 0. The van der Waals surface area contributed by atoms with E-state index in [1.165, 1.54) is 27.1 Å². The van der Waals surface area contributed by atoms with Crippen molar-refractivity contribution in [3.8, 4) is 23.0 Å². The van der Waals surface area contributed by atoms with Crippen LogP contribution in [0.3, 0.4) is 0 Å². The molecule has 0 saturated carbocycles. The zero-order valence-corrected chi connectivity index (χ0v) is 17.7. The van der Waals surface area contributed by atoms with Crippen molar-refractivity contribution >= 4 is 17.9 Å². The standard InChI is InChI=1S/C26H23NO2S/c1-30-20-15-13-19(14-16-20)8-6-7-17-27-26(28)29-18-25-23-11-4-2-9-21(23)22-10-3-5-12-24(22)25/h2-5,9-16,25H,7,17-18H2,1H3,(H,27,28). The van der Waals surface area contributed by atoms with Gasteiger partial charge in [0.15, 0.2) is 0 Å². The fourth-order valence-corrected chi connectivity index (χ4v) is 4.12. The van der Waals surface area contributed by atoms with Crippen molar-refractivity contribution in [1.29, 1.82) is 0 Å². The van der Waals surface area contributed by atoms with Crippen LogP contribution in [0.1, 0.15) is 29.0 Å². The lowest BCUT2D eigenvalue weighted by molar-refractivity contribution is 0.143. The molecule has 1 aliphatic carbocycles. The van der Waals surface area contributed by atoms with E-state index in [1.54, 1.807) is 11.8 Å². The van der Waals surface area contributed by atoms with Crippen LogP contribution in [-0.2, 0) is 4.74 Å². The van der Waals surface area contributed by atoms with Crippen LogP contribution in [0.25, 0.3) is 11.1 Å². The molecule has 0 aliphatic heterocycles. The van der Waals surface area contributed by atoms with Crippen LogP contribution in [0.2, 0.25) is 0 Å². The Morgan fingerprint density at radius 3 is 2.23 bits per heavy atom. The van der Waals surface area contributed by atoms with Crippen LogP contribution in [0.15, 0.2) is 77.7 Å². The summed E-state index contributed by atoms with van der Waals surface area (Å²) in [5.41, 5.74) is 5.86. The summed E-state index contributed by atoms with van der Waals surface area (Å²) in [6.07, 6.45) is 2.23. The average molecular weight is 414 g/mol. The van der Waals surface area contributed by atoms with E-state index in [0.29, 0.717) is 19.6 Å². The second-order valence-corrected chi connectivity index (χ2v) is 7.91. The third-order valence-corrected chi connectivity index (χ3v) is 5.93. The molecule has 0 radical (unpaired) electrons. The fraction of sp³-hybridized carbons (Fsp3) is 0.192. The van der Waals surface area contributed by atoms with Crippen LogP contribution in [0.5, 0.6) is 0 Å². The first-order chi connectivity index (χ1) is 14.8. The van der Waals surface area contributed by atoms with E-state index in [-0.39, 0.29) is 5.92 Å². The number of alkyl carbamates (subject to hydrolysis) is 1. The number of fused-ring (bicyclic) bond motifs is 3. The molecule has 1 N–H and O–H groups in total. The number of amides is 1. The summed E-state index contributed by atoms with van der Waals surface area (Å²) in [5.74, 6) is 6.28. The number of ether oxygens (including phenoxy) is 1. The number of nitrogens with one attached hydrogen (secondary N) is 1. The van der Waals surface area contributed by atoms with Crippen molar-refractivity contribution in [2.75, 3.05) is 19.4 Å². The molecule has 3 aromatic carbocycles. The van der Waals surface area contributed by atoms with Crippen molar-refractivity contribution in [3.63, 3.8) is 0 Å². The number of carbonyl (C=O) groups is 1. The molecule has 4 rings (SSSR count). The van der Waals surface area contributed by atoms with E-state index in [0.717, 1.165) is 5.56 Å². The lowest BCUT2D eigenvalue weighted by atomic mass is 9.98. The number of carbonyl (C=O) groups excluding carboxylic acids is 1. The number of hydrogen-bond donors (Lipinski definition) is 1. The van der Waals surface area contributed by atoms with Gasteiger partial charge in [-0.1, -0.05) is 60.4 Å². The van der Waals surface area contributed by atoms with Gasteiger partial charge in [0.2, 0.25) is 0 Å². The highest BCUT2D eigenvalue weighted by Gasteiger charge is 2.28. The van der Waals surface area contributed by atoms with Crippen molar-refractivity contribution in [3.05, 3.63) is 89.5 Å². The molecule has 1 amide bonds. The molecule has 1 aliphatic rings. The minimum atomic E-state index is -0.400. The van der Waals surface area contributed by atoms with E-state index >= 15 is 0 Å². The summed E-state index contributed by atoms with van der Waals surface area (Å²) < 4.78 is 5.53. The predicted octanol–water partition coefficient (Wildman–Crippen LogP) is 5.69. The summed E-state index contributed by atoms with van der Waals surface area (Å²) in [4.78, 5) is 13.4. The molecule has 3 aromatic rings. The average Bonchev–Trinajstić information content (AvgIpc) is 3.12. The van der Waals surface area contributed by atoms with E-state index in [9.17, 15) is 4.79 Å². The maximum Gasteiger partial charge on any atom is 0.407 e. The second kappa shape index (κ2) is 9.56. The van der Waals surface area contributed by atoms with Gasteiger partial charge in [0.1, 0.15) is 6.61 Å². The Balaban J connectivity index is 1.27. The maximum absolute atomic E-state index is 12.1. The molecule has 0 spiro atoms. The molecule has 0 saturated heterocycles. The van der Waals surface area contributed by atoms with Crippen LogP contribution in [0, 0.1) is 11.8 Å². The second-order valence-electron chi connectivity index (χ2n) is 7.03. The summed E-state index contributed by atoms with van der Waals surface area (Å²) in [5, 5.41) is 2.79.